The Morgan fingerprint density at radius 2 is 2.13 bits per heavy atom. The molecular weight excluding hydrogens is 413 g/mol. The number of halogens is 2. The van der Waals surface area contributed by atoms with Gasteiger partial charge in [-0.3, -0.25) is 4.40 Å². The number of aromatic nitrogens is 3. The van der Waals surface area contributed by atoms with E-state index in [2.05, 4.69) is 21.9 Å². The zero-order valence-corrected chi connectivity index (χ0v) is 17.6. The highest BCUT2D eigenvalue weighted by atomic mass is 35.5. The molecule has 0 unspecified atom stereocenters. The number of hydrogen-bond donors (Lipinski definition) is 1. The van der Waals surface area contributed by atoms with Gasteiger partial charge in [0.2, 0.25) is 0 Å². The summed E-state index contributed by atoms with van der Waals surface area (Å²) in [6.07, 6.45) is 7.41. The minimum Gasteiger partial charge on any atom is -0.337 e. The number of benzene rings is 2. The Labute approximate surface area is 184 Å². The molecule has 0 saturated heterocycles. The van der Waals surface area contributed by atoms with Gasteiger partial charge in [0.05, 0.1) is 23.0 Å². The van der Waals surface area contributed by atoms with Crippen LogP contribution in [0.15, 0.2) is 55.5 Å². The van der Waals surface area contributed by atoms with Gasteiger partial charge in [-0.25, -0.2) is 14.4 Å². The van der Waals surface area contributed by atoms with Crippen LogP contribution >= 0.6 is 11.6 Å². The highest BCUT2D eigenvalue weighted by Gasteiger charge is 2.17. The largest absolute Gasteiger partial charge is 0.337 e. The maximum absolute atomic E-state index is 14.7. The van der Waals surface area contributed by atoms with Crippen LogP contribution in [0.1, 0.15) is 23.1 Å². The molecule has 2 heterocycles. The highest BCUT2D eigenvalue weighted by molar-refractivity contribution is 6.33. The number of imidazole rings is 1. The van der Waals surface area contributed by atoms with E-state index >= 15 is 0 Å². The predicted molar refractivity (Wildman–Crippen MR) is 122 cm³/mol. The second-order valence-electron chi connectivity index (χ2n) is 7.07. The molecule has 5 nitrogen and oxygen atoms in total. The summed E-state index contributed by atoms with van der Waals surface area (Å²) in [6, 6.07) is 11.4. The quantitative estimate of drug-likeness (QED) is 0.386. The average molecular weight is 432 g/mol. The lowest BCUT2D eigenvalue weighted by molar-refractivity contribution is 0.610. The number of nitrogens with zero attached hydrogens (tertiary/aromatic N) is 4. The molecular formula is C24H19ClFN5. The first-order chi connectivity index (χ1) is 15.0. The van der Waals surface area contributed by atoms with Gasteiger partial charge in [-0.1, -0.05) is 42.5 Å². The van der Waals surface area contributed by atoms with E-state index in [1.165, 1.54) is 0 Å². The molecule has 0 fully saturated rings. The molecule has 0 bridgehead atoms. The Balaban J connectivity index is 1.73. The highest BCUT2D eigenvalue weighted by Crippen LogP contribution is 2.33. The Hall–Kier alpha value is -3.69. The standard InChI is InChI=1S/C24H19ClFN5/c1-3-16-6-8-18(13-15(16)2)30-23-24-29-14-20(31(24)12-11-28-23)19-9-7-17(5-4-10-27)22(26)21(19)25/h3,6-9,11-14H,1,4-5H2,2H3,(H,28,30). The smallest absolute Gasteiger partial charge is 0.180 e. The number of hydrogen-bond acceptors (Lipinski definition) is 4. The molecule has 154 valence electrons. The Morgan fingerprint density at radius 1 is 1.29 bits per heavy atom. The number of nitriles is 1. The molecule has 0 aliphatic rings. The average Bonchev–Trinajstić information content (AvgIpc) is 3.20. The molecule has 1 N–H and O–H groups in total. The number of rotatable bonds is 6. The molecule has 0 atom stereocenters. The fourth-order valence-electron chi connectivity index (χ4n) is 3.50. The second-order valence-corrected chi connectivity index (χ2v) is 7.45. The molecule has 0 saturated carbocycles. The van der Waals surface area contributed by atoms with Crippen LogP contribution in [-0.4, -0.2) is 14.4 Å². The Morgan fingerprint density at radius 3 is 2.87 bits per heavy atom. The van der Waals surface area contributed by atoms with E-state index in [0.29, 0.717) is 34.7 Å². The molecule has 0 aliphatic carbocycles. The van der Waals surface area contributed by atoms with E-state index in [9.17, 15) is 4.39 Å². The molecule has 4 rings (SSSR count). The van der Waals surface area contributed by atoms with Gasteiger partial charge in [0.1, 0.15) is 5.82 Å². The summed E-state index contributed by atoms with van der Waals surface area (Å²) in [5, 5.41) is 12.1. The van der Waals surface area contributed by atoms with Crippen LogP contribution < -0.4 is 5.32 Å². The van der Waals surface area contributed by atoms with Crippen molar-refractivity contribution >= 4 is 34.8 Å². The molecule has 0 amide bonds. The maximum atomic E-state index is 14.7. The first kappa shape index (κ1) is 20.6. The van der Waals surface area contributed by atoms with Gasteiger partial charge in [0.15, 0.2) is 11.5 Å². The maximum Gasteiger partial charge on any atom is 0.180 e. The van der Waals surface area contributed by atoms with Crippen molar-refractivity contribution < 1.29 is 4.39 Å². The third kappa shape index (κ3) is 3.88. The van der Waals surface area contributed by atoms with E-state index in [1.54, 1.807) is 30.7 Å². The molecule has 4 aromatic rings. The van der Waals surface area contributed by atoms with Crippen LogP contribution in [0.2, 0.25) is 5.02 Å². The van der Waals surface area contributed by atoms with Crippen molar-refractivity contribution in [1.29, 1.82) is 5.26 Å². The molecule has 0 radical (unpaired) electrons. The summed E-state index contributed by atoms with van der Waals surface area (Å²) in [6.45, 7) is 5.83. The monoisotopic (exact) mass is 431 g/mol. The van der Waals surface area contributed by atoms with Crippen molar-refractivity contribution in [3.05, 3.63) is 83.0 Å². The zero-order valence-electron chi connectivity index (χ0n) is 16.9. The van der Waals surface area contributed by atoms with Crippen LogP contribution in [0.25, 0.3) is 23.0 Å². The molecule has 2 aromatic carbocycles. The molecule has 0 spiro atoms. The van der Waals surface area contributed by atoms with E-state index in [0.717, 1.165) is 16.8 Å². The summed E-state index contributed by atoms with van der Waals surface area (Å²) in [5.41, 5.74) is 5.22. The lowest BCUT2D eigenvalue weighted by atomic mass is 10.0. The summed E-state index contributed by atoms with van der Waals surface area (Å²) < 4.78 is 16.6. The van der Waals surface area contributed by atoms with Crippen molar-refractivity contribution in [3.8, 4) is 17.3 Å². The van der Waals surface area contributed by atoms with Gasteiger partial charge in [-0.2, -0.15) is 5.26 Å². The van der Waals surface area contributed by atoms with Crippen molar-refractivity contribution in [2.75, 3.05) is 5.32 Å². The van der Waals surface area contributed by atoms with Crippen molar-refractivity contribution in [1.82, 2.24) is 14.4 Å². The first-order valence-electron chi connectivity index (χ1n) is 9.70. The van der Waals surface area contributed by atoms with E-state index in [1.807, 2.05) is 41.7 Å². The summed E-state index contributed by atoms with van der Waals surface area (Å²) >= 11 is 6.35. The van der Waals surface area contributed by atoms with Crippen molar-refractivity contribution in [3.63, 3.8) is 0 Å². The molecule has 2 aromatic heterocycles. The third-order valence-electron chi connectivity index (χ3n) is 5.12. The predicted octanol–water partition coefficient (Wildman–Crippen LogP) is 6.34. The van der Waals surface area contributed by atoms with E-state index in [4.69, 9.17) is 16.9 Å². The lowest BCUT2D eigenvalue weighted by Crippen LogP contribution is -2.00. The number of nitrogens with one attached hydrogen (secondary N) is 1. The fraction of sp³-hybridized carbons (Fsp3) is 0.125. The van der Waals surface area contributed by atoms with E-state index in [-0.39, 0.29) is 11.4 Å². The summed E-state index contributed by atoms with van der Waals surface area (Å²) in [5.74, 6) is 0.0660. The minimum atomic E-state index is -0.505. The minimum absolute atomic E-state index is 0.0131. The van der Waals surface area contributed by atoms with Gasteiger partial charge in [0.25, 0.3) is 0 Å². The number of anilines is 2. The van der Waals surface area contributed by atoms with Gasteiger partial charge in [-0.05, 0) is 42.2 Å². The van der Waals surface area contributed by atoms with Crippen LogP contribution in [0.5, 0.6) is 0 Å². The van der Waals surface area contributed by atoms with E-state index < -0.39 is 5.82 Å². The number of aryl methyl sites for hydroxylation is 2. The van der Waals surface area contributed by atoms with Gasteiger partial charge < -0.3 is 5.32 Å². The van der Waals surface area contributed by atoms with Gasteiger partial charge >= 0.3 is 0 Å². The fourth-order valence-corrected chi connectivity index (χ4v) is 3.78. The summed E-state index contributed by atoms with van der Waals surface area (Å²) in [4.78, 5) is 8.90. The SMILES string of the molecule is C=Cc1ccc(Nc2nccn3c(-c4ccc(CCC#N)c(F)c4Cl)cnc23)cc1C. The molecule has 0 aliphatic heterocycles. The topological polar surface area (TPSA) is 66.0 Å². The van der Waals surface area contributed by atoms with Gasteiger partial charge in [-0.15, -0.1) is 0 Å². The summed E-state index contributed by atoms with van der Waals surface area (Å²) in [7, 11) is 0. The Bertz CT molecular complexity index is 1340. The van der Waals surface area contributed by atoms with Crippen LogP contribution in [-0.2, 0) is 6.42 Å². The molecule has 7 heteroatoms. The Kier molecular flexibility index (Phi) is 5.70. The van der Waals surface area contributed by atoms with Crippen LogP contribution in [0, 0.1) is 24.1 Å². The van der Waals surface area contributed by atoms with Crippen LogP contribution in [0.3, 0.4) is 0 Å². The van der Waals surface area contributed by atoms with Gasteiger partial charge in [0, 0.05) is 30.1 Å². The van der Waals surface area contributed by atoms with Crippen molar-refractivity contribution in [2.24, 2.45) is 0 Å². The molecule has 31 heavy (non-hydrogen) atoms. The second kappa shape index (κ2) is 8.58. The first-order valence-corrected chi connectivity index (χ1v) is 10.1. The van der Waals surface area contributed by atoms with Crippen LogP contribution in [0.4, 0.5) is 15.9 Å². The zero-order chi connectivity index (χ0) is 22.0. The lowest BCUT2D eigenvalue weighted by Gasteiger charge is -2.11. The number of fused-ring (bicyclic) bond motifs is 1. The van der Waals surface area contributed by atoms with Crippen molar-refractivity contribution in [2.45, 2.75) is 19.8 Å². The normalized spacial score (nSPS) is 10.8. The third-order valence-corrected chi connectivity index (χ3v) is 5.49.